The Morgan fingerprint density at radius 3 is 2.43 bits per heavy atom. The molecule has 1 aliphatic heterocycles. The zero-order valence-electron chi connectivity index (χ0n) is 16.1. The van der Waals surface area contributed by atoms with Crippen LogP contribution in [0.5, 0.6) is 0 Å². The Morgan fingerprint density at radius 2 is 1.87 bits per heavy atom. The summed E-state index contributed by atoms with van der Waals surface area (Å²) in [6, 6.07) is 10.6. The smallest absolute Gasteiger partial charge is 0.416 e. The van der Waals surface area contributed by atoms with Crippen LogP contribution in [0.1, 0.15) is 23.1 Å². The average Bonchev–Trinajstić information content (AvgIpc) is 2.66. The fraction of sp³-hybridized carbons (Fsp3) is 0.286. The number of alkyl halides is 3. The molecule has 0 aromatic heterocycles. The van der Waals surface area contributed by atoms with Crippen LogP contribution in [-0.4, -0.2) is 42.6 Å². The number of halogens is 3. The van der Waals surface area contributed by atoms with Crippen LogP contribution in [0.3, 0.4) is 0 Å². The minimum atomic E-state index is -4.41. The zero-order valence-corrected chi connectivity index (χ0v) is 16.9. The number of hydrogen-bond acceptors (Lipinski definition) is 3. The summed E-state index contributed by atoms with van der Waals surface area (Å²) in [5.74, 6) is -2.34. The Kier molecular flexibility index (Phi) is 6.05. The molecule has 0 amide bonds. The van der Waals surface area contributed by atoms with E-state index in [-0.39, 0.29) is 13.1 Å². The summed E-state index contributed by atoms with van der Waals surface area (Å²) in [6.45, 7) is 2.07. The summed E-state index contributed by atoms with van der Waals surface area (Å²) in [7, 11) is -3.86. The molecule has 2 aromatic rings. The molecule has 5 nitrogen and oxygen atoms in total. The molecule has 0 atom stereocenters. The molecule has 1 N–H and O–H groups in total. The van der Waals surface area contributed by atoms with E-state index < -0.39 is 33.5 Å². The maximum atomic E-state index is 13.0. The van der Waals surface area contributed by atoms with Gasteiger partial charge in [0.2, 0.25) is 10.0 Å². The van der Waals surface area contributed by atoms with Crippen LogP contribution in [0, 0.1) is 6.92 Å². The monoisotopic (exact) mass is 439 g/mol. The first kappa shape index (κ1) is 22.0. The molecular formula is C21H20F3NO4S. The number of sulfonamides is 1. The molecule has 9 heteroatoms. The SMILES string of the molecule is Cc1cc(C2=CCN(S(=O)(=O)CC(=O)O)CC2)ccc1-c1cccc(C(F)(F)F)c1. The molecule has 0 unspecified atom stereocenters. The van der Waals surface area contributed by atoms with Crippen molar-refractivity contribution in [1.82, 2.24) is 4.31 Å². The highest BCUT2D eigenvalue weighted by Gasteiger charge is 2.30. The van der Waals surface area contributed by atoms with E-state index in [9.17, 15) is 26.4 Å². The molecule has 2 aromatic carbocycles. The van der Waals surface area contributed by atoms with Gasteiger partial charge in [-0.1, -0.05) is 36.4 Å². The zero-order chi connectivity index (χ0) is 22.1. The molecule has 0 fully saturated rings. The van der Waals surface area contributed by atoms with Gasteiger partial charge in [0, 0.05) is 13.1 Å². The molecule has 1 aliphatic rings. The van der Waals surface area contributed by atoms with Crippen LogP contribution >= 0.6 is 0 Å². The van der Waals surface area contributed by atoms with Gasteiger partial charge in [-0.2, -0.15) is 17.5 Å². The van der Waals surface area contributed by atoms with Crippen molar-refractivity contribution >= 4 is 21.6 Å². The highest BCUT2D eigenvalue weighted by molar-refractivity contribution is 7.89. The van der Waals surface area contributed by atoms with Gasteiger partial charge in [0.05, 0.1) is 5.56 Å². The highest BCUT2D eigenvalue weighted by atomic mass is 32.2. The van der Waals surface area contributed by atoms with Crippen molar-refractivity contribution < 1.29 is 31.5 Å². The number of carboxylic acid groups (broad SMARTS) is 1. The molecule has 0 bridgehead atoms. The van der Waals surface area contributed by atoms with E-state index >= 15 is 0 Å². The fourth-order valence-electron chi connectivity index (χ4n) is 3.46. The summed E-state index contributed by atoms with van der Waals surface area (Å²) in [5.41, 5.74) is 3.02. The third-order valence-electron chi connectivity index (χ3n) is 4.97. The minimum Gasteiger partial charge on any atom is -0.480 e. The number of rotatable bonds is 5. The van der Waals surface area contributed by atoms with E-state index in [2.05, 4.69) is 0 Å². The quantitative estimate of drug-likeness (QED) is 0.758. The van der Waals surface area contributed by atoms with Crippen molar-refractivity contribution in [2.45, 2.75) is 19.5 Å². The van der Waals surface area contributed by atoms with Gasteiger partial charge in [0.1, 0.15) is 0 Å². The van der Waals surface area contributed by atoms with Crippen LogP contribution in [-0.2, 0) is 21.0 Å². The van der Waals surface area contributed by atoms with Crippen molar-refractivity contribution in [2.75, 3.05) is 18.8 Å². The standard InChI is InChI=1S/C21H20F3NO4S/c1-14-11-16(15-7-9-25(10-8-15)30(28,29)13-20(26)27)5-6-19(14)17-3-2-4-18(12-17)21(22,23)24/h2-7,11-12H,8-10,13H2,1H3,(H,26,27). The third kappa shape index (κ3) is 4.91. The maximum absolute atomic E-state index is 13.0. The van der Waals surface area contributed by atoms with Gasteiger partial charge in [-0.15, -0.1) is 0 Å². The molecule has 1 heterocycles. The van der Waals surface area contributed by atoms with Crippen LogP contribution < -0.4 is 0 Å². The highest BCUT2D eigenvalue weighted by Crippen LogP contribution is 2.34. The molecule has 0 aliphatic carbocycles. The van der Waals surface area contributed by atoms with Gasteiger partial charge in [0.25, 0.3) is 0 Å². The van der Waals surface area contributed by atoms with Crippen molar-refractivity contribution in [2.24, 2.45) is 0 Å². The second-order valence-electron chi connectivity index (χ2n) is 7.10. The van der Waals surface area contributed by atoms with Crippen molar-refractivity contribution in [1.29, 1.82) is 0 Å². The summed E-state index contributed by atoms with van der Waals surface area (Å²) >= 11 is 0. The Balaban J connectivity index is 1.82. The lowest BCUT2D eigenvalue weighted by Gasteiger charge is -2.25. The van der Waals surface area contributed by atoms with E-state index in [0.717, 1.165) is 33.1 Å². The summed E-state index contributed by atoms with van der Waals surface area (Å²) in [4.78, 5) is 10.7. The lowest BCUT2D eigenvalue weighted by Crippen LogP contribution is -2.38. The van der Waals surface area contributed by atoms with E-state index in [1.807, 2.05) is 13.0 Å². The summed E-state index contributed by atoms with van der Waals surface area (Å²) < 4.78 is 64.2. The number of nitrogens with zero attached hydrogens (tertiary/aromatic N) is 1. The topological polar surface area (TPSA) is 74.7 Å². The van der Waals surface area contributed by atoms with Gasteiger partial charge in [0.15, 0.2) is 5.75 Å². The molecular weight excluding hydrogens is 419 g/mol. The van der Waals surface area contributed by atoms with E-state index in [0.29, 0.717) is 17.5 Å². The molecule has 0 saturated carbocycles. The first-order valence-corrected chi connectivity index (χ1v) is 10.8. The van der Waals surface area contributed by atoms with Gasteiger partial charge in [-0.05, 0) is 53.3 Å². The molecule has 0 radical (unpaired) electrons. The minimum absolute atomic E-state index is 0.0827. The van der Waals surface area contributed by atoms with Crippen LogP contribution in [0.4, 0.5) is 13.2 Å². The Hall–Kier alpha value is -2.65. The Morgan fingerprint density at radius 1 is 1.13 bits per heavy atom. The van der Waals surface area contributed by atoms with Crippen LogP contribution in [0.25, 0.3) is 16.7 Å². The van der Waals surface area contributed by atoms with Gasteiger partial charge < -0.3 is 5.11 Å². The largest absolute Gasteiger partial charge is 0.480 e. The first-order valence-electron chi connectivity index (χ1n) is 9.15. The second-order valence-corrected chi connectivity index (χ2v) is 9.06. The van der Waals surface area contributed by atoms with Crippen molar-refractivity contribution in [3.05, 3.63) is 65.2 Å². The number of hydrogen-bond donors (Lipinski definition) is 1. The molecule has 0 spiro atoms. The van der Waals surface area contributed by atoms with Gasteiger partial charge in [-0.3, -0.25) is 4.79 Å². The Labute approximate surface area is 172 Å². The number of carboxylic acids is 1. The predicted molar refractivity (Wildman–Crippen MR) is 107 cm³/mol. The van der Waals surface area contributed by atoms with Crippen LogP contribution in [0.2, 0.25) is 0 Å². The summed E-state index contributed by atoms with van der Waals surface area (Å²) in [5, 5.41) is 8.74. The van der Waals surface area contributed by atoms with Crippen molar-refractivity contribution in [3.63, 3.8) is 0 Å². The van der Waals surface area contributed by atoms with Gasteiger partial charge in [-0.25, -0.2) is 8.42 Å². The normalized spacial score (nSPS) is 15.7. The van der Waals surface area contributed by atoms with E-state index in [1.165, 1.54) is 6.07 Å². The number of benzene rings is 2. The Bertz CT molecular complexity index is 1110. The van der Waals surface area contributed by atoms with Crippen LogP contribution in [0.15, 0.2) is 48.5 Å². The summed E-state index contributed by atoms with van der Waals surface area (Å²) in [6.07, 6.45) is -2.26. The third-order valence-corrected chi connectivity index (χ3v) is 6.70. The number of carbonyl (C=O) groups is 1. The van der Waals surface area contributed by atoms with Gasteiger partial charge >= 0.3 is 12.1 Å². The number of aryl methyl sites for hydroxylation is 1. The molecule has 0 saturated heterocycles. The van der Waals surface area contributed by atoms with Crippen molar-refractivity contribution in [3.8, 4) is 11.1 Å². The number of aliphatic carboxylic acids is 1. The predicted octanol–water partition coefficient (Wildman–Crippen LogP) is 4.18. The second kappa shape index (κ2) is 8.23. The average molecular weight is 439 g/mol. The molecule has 30 heavy (non-hydrogen) atoms. The first-order chi connectivity index (χ1) is 14.0. The molecule has 160 valence electrons. The van der Waals surface area contributed by atoms with E-state index in [4.69, 9.17) is 5.11 Å². The maximum Gasteiger partial charge on any atom is 0.416 e. The van der Waals surface area contributed by atoms with E-state index in [1.54, 1.807) is 24.3 Å². The molecule has 3 rings (SSSR count). The lowest BCUT2D eigenvalue weighted by molar-refractivity contribution is -0.137. The fourth-order valence-corrected chi connectivity index (χ4v) is 4.63. The lowest BCUT2D eigenvalue weighted by atomic mass is 9.93.